The Morgan fingerprint density at radius 2 is 2.13 bits per heavy atom. The van der Waals surface area contributed by atoms with Gasteiger partial charge in [0, 0.05) is 44.1 Å². The van der Waals surface area contributed by atoms with Gasteiger partial charge >= 0.3 is 6.09 Å². The van der Waals surface area contributed by atoms with Gasteiger partial charge in [-0.2, -0.15) is 11.3 Å². The van der Waals surface area contributed by atoms with Crippen LogP contribution in [-0.2, 0) is 23.4 Å². The number of pyridine rings is 1. The molecule has 0 bridgehead atoms. The van der Waals surface area contributed by atoms with E-state index < -0.39 is 0 Å². The van der Waals surface area contributed by atoms with E-state index >= 15 is 0 Å². The molecule has 2 aliphatic rings. The van der Waals surface area contributed by atoms with Crippen LogP contribution in [-0.4, -0.2) is 62.4 Å². The summed E-state index contributed by atoms with van der Waals surface area (Å²) < 4.78 is 7.30. The van der Waals surface area contributed by atoms with Gasteiger partial charge in [0.1, 0.15) is 0 Å². The molecule has 3 aromatic heterocycles. The summed E-state index contributed by atoms with van der Waals surface area (Å²) in [6.07, 6.45) is 5.11. The van der Waals surface area contributed by atoms with Crippen molar-refractivity contribution in [3.8, 4) is 11.4 Å². The Hall–Kier alpha value is -2.78. The number of amides is 1. The van der Waals surface area contributed by atoms with Gasteiger partial charge in [-0.3, -0.25) is 14.8 Å². The highest BCUT2D eigenvalue weighted by Crippen LogP contribution is 2.39. The Morgan fingerprint density at radius 3 is 2.83 bits per heavy atom. The van der Waals surface area contributed by atoms with Crippen LogP contribution in [0.3, 0.4) is 0 Å². The average Bonchev–Trinajstić information content (AvgIpc) is 3.46. The van der Waals surface area contributed by atoms with Crippen LogP contribution in [0.5, 0.6) is 0 Å². The van der Waals surface area contributed by atoms with Gasteiger partial charge in [0.05, 0.1) is 19.2 Å². The number of piperidine rings is 1. The zero-order valence-electron chi connectivity index (χ0n) is 16.9. The second-order valence-corrected chi connectivity index (χ2v) is 8.76. The van der Waals surface area contributed by atoms with E-state index in [1.807, 2.05) is 18.3 Å². The van der Waals surface area contributed by atoms with Gasteiger partial charge in [-0.1, -0.05) is 0 Å². The second-order valence-electron chi connectivity index (χ2n) is 7.98. The molecule has 0 aromatic carbocycles. The topological polar surface area (TPSA) is 76.4 Å². The summed E-state index contributed by atoms with van der Waals surface area (Å²) in [6, 6.07) is 6.11. The summed E-state index contributed by atoms with van der Waals surface area (Å²) in [5.74, 6) is 1.63. The normalized spacial score (nSPS) is 18.4. The van der Waals surface area contributed by atoms with Crippen LogP contribution in [0.1, 0.15) is 24.2 Å². The molecule has 0 atom stereocenters. The lowest BCUT2D eigenvalue weighted by molar-refractivity contribution is 0.0342. The minimum absolute atomic E-state index is 0.248. The van der Waals surface area contributed by atoms with E-state index in [2.05, 4.69) is 41.5 Å². The highest BCUT2D eigenvalue weighted by Gasteiger charge is 2.45. The van der Waals surface area contributed by atoms with Crippen molar-refractivity contribution in [3.63, 3.8) is 0 Å². The smallest absolute Gasteiger partial charge is 0.409 e. The minimum atomic E-state index is -0.313. The SMILES string of the molecule is COC(=O)N1Cc2nnc(-c3cccnc3)n2C2(CCN(Cc3ccsc3)CC2)C1. The van der Waals surface area contributed by atoms with Crippen LogP contribution in [0.15, 0.2) is 41.4 Å². The number of ether oxygens (including phenoxy) is 1. The maximum absolute atomic E-state index is 12.4. The van der Waals surface area contributed by atoms with E-state index in [1.165, 1.54) is 12.7 Å². The number of rotatable bonds is 3. The summed E-state index contributed by atoms with van der Waals surface area (Å²) in [5, 5.41) is 13.3. The second kappa shape index (κ2) is 7.81. The third-order valence-electron chi connectivity index (χ3n) is 6.15. The third-order valence-corrected chi connectivity index (χ3v) is 6.88. The van der Waals surface area contributed by atoms with Crippen molar-refractivity contribution in [2.75, 3.05) is 26.7 Å². The van der Waals surface area contributed by atoms with Gasteiger partial charge in [0.25, 0.3) is 0 Å². The largest absolute Gasteiger partial charge is 0.453 e. The molecule has 3 aromatic rings. The molecule has 0 unspecified atom stereocenters. The van der Waals surface area contributed by atoms with E-state index in [9.17, 15) is 4.79 Å². The van der Waals surface area contributed by atoms with Gasteiger partial charge in [-0.15, -0.1) is 10.2 Å². The first-order valence-corrected chi connectivity index (χ1v) is 11.0. The number of carbonyl (C=O) groups is 1. The number of likely N-dealkylation sites (tertiary alicyclic amines) is 1. The van der Waals surface area contributed by atoms with Crippen molar-refractivity contribution in [2.45, 2.75) is 31.5 Å². The monoisotopic (exact) mass is 424 g/mol. The maximum Gasteiger partial charge on any atom is 0.409 e. The molecule has 0 aliphatic carbocycles. The molecule has 5 rings (SSSR count). The summed E-state index contributed by atoms with van der Waals surface area (Å²) in [6.45, 7) is 3.87. The van der Waals surface area contributed by atoms with Crippen molar-refractivity contribution in [3.05, 3.63) is 52.7 Å². The number of hydrogen-bond acceptors (Lipinski definition) is 7. The average molecular weight is 425 g/mol. The predicted molar refractivity (Wildman–Crippen MR) is 113 cm³/mol. The fourth-order valence-corrected chi connectivity index (χ4v) is 5.32. The van der Waals surface area contributed by atoms with Crippen molar-refractivity contribution in [1.29, 1.82) is 0 Å². The lowest BCUT2D eigenvalue weighted by Gasteiger charge is -2.48. The molecule has 5 heterocycles. The fourth-order valence-electron chi connectivity index (χ4n) is 4.66. The Kier molecular flexibility index (Phi) is 5.00. The van der Waals surface area contributed by atoms with E-state index in [4.69, 9.17) is 4.74 Å². The Balaban J connectivity index is 1.48. The summed E-state index contributed by atoms with van der Waals surface area (Å²) in [4.78, 5) is 20.9. The molecular formula is C21H24N6O2S. The third kappa shape index (κ3) is 3.37. The molecule has 0 N–H and O–H groups in total. The first-order chi connectivity index (χ1) is 14.7. The summed E-state index contributed by atoms with van der Waals surface area (Å²) >= 11 is 1.74. The summed E-state index contributed by atoms with van der Waals surface area (Å²) in [7, 11) is 1.43. The van der Waals surface area contributed by atoms with Gasteiger partial charge in [-0.05, 0) is 47.4 Å². The van der Waals surface area contributed by atoms with Crippen LogP contribution < -0.4 is 0 Å². The van der Waals surface area contributed by atoms with Gasteiger partial charge in [0.2, 0.25) is 0 Å². The Labute approximate surface area is 179 Å². The quantitative estimate of drug-likeness (QED) is 0.643. The van der Waals surface area contributed by atoms with Crippen molar-refractivity contribution in [2.24, 2.45) is 0 Å². The lowest BCUT2D eigenvalue weighted by Crippen LogP contribution is -2.57. The van der Waals surface area contributed by atoms with Gasteiger partial charge < -0.3 is 9.30 Å². The highest BCUT2D eigenvalue weighted by molar-refractivity contribution is 7.07. The maximum atomic E-state index is 12.4. The number of hydrogen-bond donors (Lipinski definition) is 0. The van der Waals surface area contributed by atoms with Crippen LogP contribution in [0.25, 0.3) is 11.4 Å². The molecule has 8 nitrogen and oxygen atoms in total. The van der Waals surface area contributed by atoms with Crippen molar-refractivity contribution < 1.29 is 9.53 Å². The molecule has 9 heteroatoms. The lowest BCUT2D eigenvalue weighted by atomic mass is 9.84. The van der Waals surface area contributed by atoms with E-state index in [-0.39, 0.29) is 11.6 Å². The Morgan fingerprint density at radius 1 is 1.27 bits per heavy atom. The van der Waals surface area contributed by atoms with Crippen LogP contribution in [0.4, 0.5) is 4.79 Å². The highest BCUT2D eigenvalue weighted by atomic mass is 32.1. The predicted octanol–water partition coefficient (Wildman–Crippen LogP) is 2.97. The van der Waals surface area contributed by atoms with Crippen LogP contribution in [0.2, 0.25) is 0 Å². The molecule has 0 saturated carbocycles. The first kappa shape index (κ1) is 19.2. The Bertz CT molecular complexity index is 1010. The minimum Gasteiger partial charge on any atom is -0.453 e. The fraction of sp³-hybridized carbons (Fsp3) is 0.429. The number of aromatic nitrogens is 4. The summed E-state index contributed by atoms with van der Waals surface area (Å²) in [5.41, 5.74) is 2.06. The van der Waals surface area contributed by atoms with E-state index in [0.29, 0.717) is 13.1 Å². The standard InChI is InChI=1S/C21H24N6O2S/c1-29-20(28)26-13-18-23-24-19(17-3-2-7-22-11-17)27(18)21(15-26)5-8-25(9-6-21)12-16-4-10-30-14-16/h2-4,7,10-11,14H,5-6,8-9,12-13,15H2,1H3. The van der Waals surface area contributed by atoms with Gasteiger partial charge in [0.15, 0.2) is 11.6 Å². The molecule has 0 radical (unpaired) electrons. The number of thiophene rings is 1. The molecule has 2 aliphatic heterocycles. The van der Waals surface area contributed by atoms with Crippen LogP contribution in [0, 0.1) is 0 Å². The van der Waals surface area contributed by atoms with E-state index in [0.717, 1.165) is 49.7 Å². The molecule has 30 heavy (non-hydrogen) atoms. The van der Waals surface area contributed by atoms with E-state index in [1.54, 1.807) is 22.4 Å². The molecule has 1 spiro atoms. The van der Waals surface area contributed by atoms with Crippen LogP contribution >= 0.6 is 11.3 Å². The molecule has 156 valence electrons. The zero-order valence-corrected chi connectivity index (χ0v) is 17.7. The molecule has 1 fully saturated rings. The molecule has 1 amide bonds. The number of methoxy groups -OCH3 is 1. The number of carbonyl (C=O) groups excluding carboxylic acids is 1. The first-order valence-electron chi connectivity index (χ1n) is 10.1. The number of fused-ring (bicyclic) bond motifs is 2. The number of nitrogens with zero attached hydrogens (tertiary/aromatic N) is 6. The van der Waals surface area contributed by atoms with Gasteiger partial charge in [-0.25, -0.2) is 4.79 Å². The molecule has 1 saturated heterocycles. The molecular weight excluding hydrogens is 400 g/mol. The van der Waals surface area contributed by atoms with Crippen molar-refractivity contribution >= 4 is 17.4 Å². The van der Waals surface area contributed by atoms with Crippen molar-refractivity contribution in [1.82, 2.24) is 29.5 Å². The zero-order chi connectivity index (χ0) is 20.6.